The summed E-state index contributed by atoms with van der Waals surface area (Å²) in [5.74, 6) is 0.216. The SMILES string of the molecule is O=C(CCCn1cncn1)N1CCCN(c2nc3ccc(Cl)cc3s2)CC1. The van der Waals surface area contributed by atoms with Crippen LogP contribution in [0.5, 0.6) is 0 Å². The molecule has 3 heterocycles. The van der Waals surface area contributed by atoms with E-state index in [0.717, 1.165) is 65.9 Å². The molecule has 27 heavy (non-hydrogen) atoms. The molecule has 0 radical (unpaired) electrons. The molecular formula is C18H21ClN6OS. The van der Waals surface area contributed by atoms with Gasteiger partial charge in [-0.1, -0.05) is 22.9 Å². The molecule has 0 saturated carbocycles. The number of carbonyl (C=O) groups excluding carboxylic acids is 1. The molecule has 1 amide bonds. The Labute approximate surface area is 166 Å². The Morgan fingerprint density at radius 1 is 1.22 bits per heavy atom. The number of aryl methyl sites for hydroxylation is 1. The first kappa shape index (κ1) is 18.2. The lowest BCUT2D eigenvalue weighted by molar-refractivity contribution is -0.131. The Morgan fingerprint density at radius 2 is 2.15 bits per heavy atom. The van der Waals surface area contributed by atoms with Crippen molar-refractivity contribution in [2.24, 2.45) is 0 Å². The molecule has 0 atom stereocenters. The van der Waals surface area contributed by atoms with Gasteiger partial charge in [-0.05, 0) is 31.0 Å². The Morgan fingerprint density at radius 3 is 3.00 bits per heavy atom. The molecule has 142 valence electrons. The third-order valence-corrected chi connectivity index (χ3v) is 6.02. The number of amides is 1. The largest absolute Gasteiger partial charge is 0.346 e. The van der Waals surface area contributed by atoms with E-state index in [4.69, 9.17) is 16.6 Å². The van der Waals surface area contributed by atoms with Gasteiger partial charge in [0.25, 0.3) is 0 Å². The van der Waals surface area contributed by atoms with Crippen LogP contribution < -0.4 is 4.90 Å². The average molecular weight is 405 g/mol. The zero-order valence-corrected chi connectivity index (χ0v) is 16.5. The van der Waals surface area contributed by atoms with Gasteiger partial charge in [-0.3, -0.25) is 9.48 Å². The number of carbonyl (C=O) groups is 1. The van der Waals surface area contributed by atoms with Gasteiger partial charge >= 0.3 is 0 Å². The Kier molecular flexibility index (Phi) is 5.54. The number of benzene rings is 1. The van der Waals surface area contributed by atoms with E-state index in [9.17, 15) is 4.79 Å². The average Bonchev–Trinajstić information content (AvgIpc) is 3.25. The maximum absolute atomic E-state index is 12.5. The standard InChI is InChI=1S/C18H21ClN6OS/c19-14-4-5-15-16(11-14)27-18(22-15)24-7-2-6-23(9-10-24)17(26)3-1-8-25-13-20-12-21-25/h4-5,11-13H,1-3,6-10H2. The zero-order valence-electron chi connectivity index (χ0n) is 14.9. The normalized spacial score (nSPS) is 15.3. The maximum Gasteiger partial charge on any atom is 0.222 e. The zero-order chi connectivity index (χ0) is 18.6. The number of rotatable bonds is 5. The molecule has 2 aromatic heterocycles. The van der Waals surface area contributed by atoms with Crippen molar-refractivity contribution in [3.8, 4) is 0 Å². The van der Waals surface area contributed by atoms with Crippen molar-refractivity contribution in [1.82, 2.24) is 24.6 Å². The highest BCUT2D eigenvalue weighted by Gasteiger charge is 2.21. The summed E-state index contributed by atoms with van der Waals surface area (Å²) in [6, 6.07) is 5.79. The second-order valence-electron chi connectivity index (χ2n) is 6.59. The molecule has 0 bridgehead atoms. The summed E-state index contributed by atoms with van der Waals surface area (Å²) >= 11 is 7.74. The number of anilines is 1. The lowest BCUT2D eigenvalue weighted by Gasteiger charge is -2.21. The number of thiazole rings is 1. The Bertz CT molecular complexity index is 912. The van der Waals surface area contributed by atoms with Crippen LogP contribution >= 0.6 is 22.9 Å². The number of hydrogen-bond donors (Lipinski definition) is 0. The van der Waals surface area contributed by atoms with E-state index >= 15 is 0 Å². The van der Waals surface area contributed by atoms with Gasteiger partial charge < -0.3 is 9.80 Å². The molecule has 0 spiro atoms. The molecule has 1 aliphatic rings. The first-order valence-electron chi connectivity index (χ1n) is 9.10. The van der Waals surface area contributed by atoms with E-state index in [1.807, 2.05) is 23.1 Å². The van der Waals surface area contributed by atoms with Crippen LogP contribution in [0.4, 0.5) is 5.13 Å². The van der Waals surface area contributed by atoms with E-state index in [2.05, 4.69) is 15.0 Å². The summed E-state index contributed by atoms with van der Waals surface area (Å²) in [6.07, 6.45) is 5.46. The fourth-order valence-corrected chi connectivity index (χ4v) is 4.57. The second-order valence-corrected chi connectivity index (χ2v) is 8.04. The minimum absolute atomic E-state index is 0.216. The van der Waals surface area contributed by atoms with Crippen LogP contribution in [0.15, 0.2) is 30.9 Å². The van der Waals surface area contributed by atoms with Crippen LogP contribution in [-0.2, 0) is 11.3 Å². The van der Waals surface area contributed by atoms with Gasteiger partial charge in [0.05, 0.1) is 10.2 Å². The van der Waals surface area contributed by atoms with Gasteiger partial charge in [-0.25, -0.2) is 9.97 Å². The van der Waals surface area contributed by atoms with Crippen LogP contribution in [0.25, 0.3) is 10.2 Å². The van der Waals surface area contributed by atoms with E-state index in [0.29, 0.717) is 6.42 Å². The van der Waals surface area contributed by atoms with E-state index in [1.165, 1.54) is 6.33 Å². The highest BCUT2D eigenvalue weighted by molar-refractivity contribution is 7.22. The smallest absolute Gasteiger partial charge is 0.222 e. The molecule has 3 aromatic rings. The molecule has 1 saturated heterocycles. The molecule has 0 N–H and O–H groups in total. The monoisotopic (exact) mass is 404 g/mol. The molecule has 0 unspecified atom stereocenters. The van der Waals surface area contributed by atoms with Gasteiger partial charge in [0.15, 0.2) is 5.13 Å². The number of aromatic nitrogens is 4. The van der Waals surface area contributed by atoms with Crippen LogP contribution in [0, 0.1) is 0 Å². The number of halogens is 1. The third-order valence-electron chi connectivity index (χ3n) is 4.70. The quantitative estimate of drug-likeness (QED) is 0.653. The molecule has 1 aromatic carbocycles. The molecule has 4 rings (SSSR count). The van der Waals surface area contributed by atoms with Crippen molar-refractivity contribution in [2.45, 2.75) is 25.8 Å². The molecule has 0 aliphatic carbocycles. The molecule has 1 aliphatic heterocycles. The Hall–Kier alpha value is -2.19. The third kappa shape index (κ3) is 4.39. The molecule has 7 nitrogen and oxygen atoms in total. The van der Waals surface area contributed by atoms with E-state index in [1.54, 1.807) is 22.3 Å². The predicted molar refractivity (Wildman–Crippen MR) is 107 cm³/mol. The second kappa shape index (κ2) is 8.22. The predicted octanol–water partition coefficient (Wildman–Crippen LogP) is 3.06. The number of fused-ring (bicyclic) bond motifs is 1. The lowest BCUT2D eigenvalue weighted by atomic mass is 10.2. The van der Waals surface area contributed by atoms with E-state index in [-0.39, 0.29) is 5.91 Å². The molecule has 9 heteroatoms. The maximum atomic E-state index is 12.5. The van der Waals surface area contributed by atoms with Gasteiger partial charge in [0.2, 0.25) is 5.91 Å². The van der Waals surface area contributed by atoms with Crippen molar-refractivity contribution in [3.05, 3.63) is 35.9 Å². The summed E-state index contributed by atoms with van der Waals surface area (Å²) in [7, 11) is 0. The lowest BCUT2D eigenvalue weighted by Crippen LogP contribution is -2.35. The van der Waals surface area contributed by atoms with Crippen LogP contribution in [0.3, 0.4) is 0 Å². The van der Waals surface area contributed by atoms with Crippen molar-refractivity contribution >= 4 is 44.2 Å². The summed E-state index contributed by atoms with van der Waals surface area (Å²) in [5, 5.41) is 5.81. The summed E-state index contributed by atoms with van der Waals surface area (Å²) in [4.78, 5) is 25.4. The van der Waals surface area contributed by atoms with Crippen molar-refractivity contribution in [1.29, 1.82) is 0 Å². The van der Waals surface area contributed by atoms with Crippen molar-refractivity contribution in [3.63, 3.8) is 0 Å². The Balaban J connectivity index is 1.33. The van der Waals surface area contributed by atoms with Gasteiger partial charge in [-0.2, -0.15) is 5.10 Å². The van der Waals surface area contributed by atoms with Gasteiger partial charge in [-0.15, -0.1) is 0 Å². The summed E-state index contributed by atoms with van der Waals surface area (Å²) in [5.41, 5.74) is 0.977. The van der Waals surface area contributed by atoms with Crippen LogP contribution in [0.2, 0.25) is 5.02 Å². The highest BCUT2D eigenvalue weighted by Crippen LogP contribution is 2.31. The minimum Gasteiger partial charge on any atom is -0.346 e. The summed E-state index contributed by atoms with van der Waals surface area (Å²) < 4.78 is 2.86. The van der Waals surface area contributed by atoms with Gasteiger partial charge in [0.1, 0.15) is 12.7 Å². The first-order chi connectivity index (χ1) is 13.2. The molecule has 1 fully saturated rings. The topological polar surface area (TPSA) is 67.2 Å². The minimum atomic E-state index is 0.216. The fourth-order valence-electron chi connectivity index (χ4n) is 3.28. The van der Waals surface area contributed by atoms with Crippen molar-refractivity contribution < 1.29 is 4.79 Å². The highest BCUT2D eigenvalue weighted by atomic mass is 35.5. The number of hydrogen-bond acceptors (Lipinski definition) is 6. The number of nitrogens with zero attached hydrogens (tertiary/aromatic N) is 6. The van der Waals surface area contributed by atoms with Crippen LogP contribution in [0.1, 0.15) is 19.3 Å². The van der Waals surface area contributed by atoms with Crippen LogP contribution in [-0.4, -0.2) is 56.7 Å². The van der Waals surface area contributed by atoms with Gasteiger partial charge in [0, 0.05) is 44.2 Å². The van der Waals surface area contributed by atoms with Crippen molar-refractivity contribution in [2.75, 3.05) is 31.1 Å². The molecular weight excluding hydrogens is 384 g/mol. The first-order valence-corrected chi connectivity index (χ1v) is 10.3. The van der Waals surface area contributed by atoms with E-state index < -0.39 is 0 Å². The summed E-state index contributed by atoms with van der Waals surface area (Å²) in [6.45, 7) is 3.98. The fraction of sp³-hybridized carbons (Fsp3) is 0.444.